The monoisotopic (exact) mass is 558 g/mol. The Morgan fingerprint density at radius 2 is 1.92 bits per heavy atom. The van der Waals surface area contributed by atoms with Gasteiger partial charge in [0.05, 0.1) is 18.1 Å². The van der Waals surface area contributed by atoms with Gasteiger partial charge >= 0.3 is 5.97 Å². The highest BCUT2D eigenvalue weighted by atomic mass is 35.5. The van der Waals surface area contributed by atoms with Crippen LogP contribution in [-0.2, 0) is 23.9 Å². The molecule has 3 aliphatic heterocycles. The third kappa shape index (κ3) is 5.39. The molecule has 0 aromatic heterocycles. The molecule has 212 valence electrons. The first-order valence-electron chi connectivity index (χ1n) is 13.8. The van der Waals surface area contributed by atoms with Crippen LogP contribution < -0.4 is 4.90 Å². The summed E-state index contributed by atoms with van der Waals surface area (Å²) in [6, 6.07) is 6.05. The Hall–Kier alpha value is -2.68. The van der Waals surface area contributed by atoms with Crippen molar-refractivity contribution in [3.63, 3.8) is 0 Å². The van der Waals surface area contributed by atoms with Gasteiger partial charge in [-0.05, 0) is 76.1 Å². The predicted molar refractivity (Wildman–Crippen MR) is 149 cm³/mol. The van der Waals surface area contributed by atoms with E-state index in [2.05, 4.69) is 13.2 Å². The number of carbonyl (C=O) groups is 3. The van der Waals surface area contributed by atoms with E-state index in [1.165, 1.54) is 0 Å². The molecule has 3 fully saturated rings. The number of benzene rings is 1. The van der Waals surface area contributed by atoms with Crippen molar-refractivity contribution in [2.75, 3.05) is 31.2 Å². The van der Waals surface area contributed by atoms with E-state index in [-0.39, 0.29) is 31.6 Å². The molecular weight excluding hydrogens is 520 g/mol. The number of halogens is 1. The van der Waals surface area contributed by atoms with E-state index in [0.717, 1.165) is 6.42 Å². The van der Waals surface area contributed by atoms with E-state index in [0.29, 0.717) is 55.8 Å². The van der Waals surface area contributed by atoms with Crippen molar-refractivity contribution in [2.24, 2.45) is 11.8 Å². The number of anilines is 1. The number of nitrogens with zero attached hydrogens (tertiary/aromatic N) is 2. The summed E-state index contributed by atoms with van der Waals surface area (Å²) in [6.45, 7) is 10.3. The number of fused-ring (bicyclic) bond motifs is 1. The van der Waals surface area contributed by atoms with E-state index >= 15 is 0 Å². The van der Waals surface area contributed by atoms with Crippen LogP contribution in [0, 0.1) is 11.8 Å². The fourth-order valence-electron chi connectivity index (χ4n) is 6.58. The van der Waals surface area contributed by atoms with Crippen LogP contribution in [0.4, 0.5) is 5.69 Å². The van der Waals surface area contributed by atoms with E-state index in [9.17, 15) is 19.5 Å². The molecule has 8 nitrogen and oxygen atoms in total. The Kier molecular flexibility index (Phi) is 9.19. The smallest absolute Gasteiger partial charge is 0.312 e. The Bertz CT molecular complexity index is 1090. The molecule has 0 aliphatic carbocycles. The SMILES string of the molecule is C=CCCCOC(=O)[C@@H]1[C@H]2C(=O)N(CCCCCO)C(C(=O)N(CC=C)c3ccc(Cl)cc3)C23CC[C@@]1(C)O3. The first-order valence-corrected chi connectivity index (χ1v) is 14.2. The van der Waals surface area contributed by atoms with E-state index in [1.807, 2.05) is 6.92 Å². The minimum Gasteiger partial charge on any atom is -0.465 e. The number of hydrogen-bond acceptors (Lipinski definition) is 6. The highest BCUT2D eigenvalue weighted by molar-refractivity contribution is 6.30. The summed E-state index contributed by atoms with van der Waals surface area (Å²) in [7, 11) is 0. The first kappa shape index (κ1) is 29.3. The zero-order valence-electron chi connectivity index (χ0n) is 22.6. The molecule has 3 saturated heterocycles. The number of likely N-dealkylation sites (tertiary alicyclic amines) is 1. The van der Waals surface area contributed by atoms with Gasteiger partial charge in [-0.1, -0.05) is 23.8 Å². The molecule has 2 amide bonds. The van der Waals surface area contributed by atoms with Gasteiger partial charge in [-0.2, -0.15) is 0 Å². The number of amides is 2. The minimum atomic E-state index is -1.13. The largest absolute Gasteiger partial charge is 0.465 e. The number of carbonyl (C=O) groups excluding carboxylic acids is 3. The van der Waals surface area contributed by atoms with Gasteiger partial charge in [0.1, 0.15) is 17.6 Å². The van der Waals surface area contributed by atoms with Gasteiger partial charge in [0.15, 0.2) is 0 Å². The maximum atomic E-state index is 14.4. The number of hydrogen-bond donors (Lipinski definition) is 1. The van der Waals surface area contributed by atoms with Gasteiger partial charge in [0.25, 0.3) is 5.91 Å². The molecule has 1 aromatic rings. The molecule has 3 heterocycles. The second kappa shape index (κ2) is 12.2. The Labute approximate surface area is 235 Å². The van der Waals surface area contributed by atoms with Gasteiger partial charge in [0.2, 0.25) is 5.91 Å². The van der Waals surface area contributed by atoms with Crippen molar-refractivity contribution in [3.05, 3.63) is 54.6 Å². The van der Waals surface area contributed by atoms with Crippen LogP contribution in [-0.4, -0.2) is 71.3 Å². The molecule has 3 aliphatic rings. The quantitative estimate of drug-likeness (QED) is 0.208. The third-order valence-electron chi connectivity index (χ3n) is 8.33. The van der Waals surface area contributed by atoms with Crippen LogP contribution in [0.3, 0.4) is 0 Å². The van der Waals surface area contributed by atoms with Crippen LogP contribution in [0.5, 0.6) is 0 Å². The number of esters is 1. The fourth-order valence-corrected chi connectivity index (χ4v) is 6.71. The molecule has 39 heavy (non-hydrogen) atoms. The van der Waals surface area contributed by atoms with Gasteiger partial charge < -0.3 is 24.4 Å². The van der Waals surface area contributed by atoms with Crippen LogP contribution in [0.2, 0.25) is 5.02 Å². The number of aliphatic hydroxyl groups is 1. The Morgan fingerprint density at radius 3 is 2.59 bits per heavy atom. The summed E-state index contributed by atoms with van der Waals surface area (Å²) in [5.41, 5.74) is -1.38. The van der Waals surface area contributed by atoms with Crippen molar-refractivity contribution < 1.29 is 29.0 Å². The van der Waals surface area contributed by atoms with Gasteiger partial charge in [-0.15, -0.1) is 13.2 Å². The molecule has 4 rings (SSSR count). The number of aliphatic hydroxyl groups excluding tert-OH is 1. The summed E-state index contributed by atoms with van der Waals surface area (Å²) in [5, 5.41) is 9.78. The van der Waals surface area contributed by atoms with Crippen molar-refractivity contribution in [2.45, 2.75) is 69.1 Å². The second-order valence-electron chi connectivity index (χ2n) is 10.9. The average Bonchev–Trinajstić information content (AvgIpc) is 3.48. The number of allylic oxidation sites excluding steroid dienone is 1. The van der Waals surface area contributed by atoms with Gasteiger partial charge in [0, 0.05) is 30.4 Å². The fraction of sp³-hybridized carbons (Fsp3) is 0.567. The third-order valence-corrected chi connectivity index (χ3v) is 8.59. The summed E-state index contributed by atoms with van der Waals surface area (Å²) in [4.78, 5) is 45.2. The molecule has 2 bridgehead atoms. The van der Waals surface area contributed by atoms with Gasteiger partial charge in [-0.25, -0.2) is 0 Å². The molecule has 1 aromatic carbocycles. The Morgan fingerprint density at radius 1 is 1.18 bits per heavy atom. The highest BCUT2D eigenvalue weighted by Gasteiger charge is 2.78. The average molecular weight is 559 g/mol. The lowest BCUT2D eigenvalue weighted by Gasteiger charge is -2.36. The molecular formula is C30H39ClN2O6. The number of rotatable bonds is 14. The minimum absolute atomic E-state index is 0.0633. The summed E-state index contributed by atoms with van der Waals surface area (Å²) in [6.07, 6.45) is 7.76. The summed E-state index contributed by atoms with van der Waals surface area (Å²) in [5.74, 6) is -2.56. The van der Waals surface area contributed by atoms with Crippen molar-refractivity contribution in [1.29, 1.82) is 0 Å². The summed E-state index contributed by atoms with van der Waals surface area (Å²) < 4.78 is 12.3. The van der Waals surface area contributed by atoms with E-state index in [4.69, 9.17) is 21.1 Å². The van der Waals surface area contributed by atoms with Crippen LogP contribution >= 0.6 is 11.6 Å². The lowest BCUT2D eigenvalue weighted by Crippen LogP contribution is -2.56. The lowest BCUT2D eigenvalue weighted by molar-refractivity contribution is -0.159. The van der Waals surface area contributed by atoms with E-state index in [1.54, 1.807) is 46.2 Å². The molecule has 2 unspecified atom stereocenters. The Balaban J connectivity index is 1.70. The number of ether oxygens (including phenoxy) is 2. The molecule has 0 radical (unpaired) electrons. The number of unbranched alkanes of at least 4 members (excludes halogenated alkanes) is 3. The van der Waals surface area contributed by atoms with Crippen molar-refractivity contribution in [1.82, 2.24) is 4.90 Å². The summed E-state index contributed by atoms with van der Waals surface area (Å²) >= 11 is 6.10. The van der Waals surface area contributed by atoms with E-state index < -0.39 is 35.0 Å². The van der Waals surface area contributed by atoms with Crippen molar-refractivity contribution >= 4 is 35.1 Å². The lowest BCUT2D eigenvalue weighted by atomic mass is 9.66. The second-order valence-corrected chi connectivity index (χ2v) is 11.3. The van der Waals surface area contributed by atoms with Crippen molar-refractivity contribution in [3.8, 4) is 0 Å². The first-order chi connectivity index (χ1) is 18.7. The normalized spacial score (nSPS) is 28.8. The van der Waals surface area contributed by atoms with Crippen LogP contribution in [0.15, 0.2) is 49.6 Å². The zero-order chi connectivity index (χ0) is 28.2. The standard InChI is InChI=1S/C30H39ClN2O6/c1-4-6-10-20-38-28(37)24-23-26(35)33(18-8-7-9-19-34)25(30(23)16-15-29(24,3)39-30)27(36)32(17-5-2)22-13-11-21(31)12-14-22/h4-5,11-14,23-25,34H,1-2,6-10,15-20H2,3H3/t23-,24-,25?,29+,30?/m0/s1. The maximum Gasteiger partial charge on any atom is 0.312 e. The predicted octanol–water partition coefficient (Wildman–Crippen LogP) is 4.30. The molecule has 1 spiro atoms. The van der Waals surface area contributed by atoms with Crippen LogP contribution in [0.25, 0.3) is 0 Å². The maximum absolute atomic E-state index is 14.4. The molecule has 5 atom stereocenters. The molecule has 9 heteroatoms. The highest BCUT2D eigenvalue weighted by Crippen LogP contribution is 2.63. The zero-order valence-corrected chi connectivity index (χ0v) is 23.4. The van der Waals surface area contributed by atoms with Gasteiger partial charge in [-0.3, -0.25) is 14.4 Å². The van der Waals surface area contributed by atoms with Crippen LogP contribution in [0.1, 0.15) is 51.9 Å². The molecule has 0 saturated carbocycles. The topological polar surface area (TPSA) is 96.4 Å². The molecule has 1 N–H and O–H groups in total.